The quantitative estimate of drug-likeness (QED) is 0.841. The Balaban J connectivity index is 2.04. The molecule has 1 aromatic carbocycles. The molecule has 0 bridgehead atoms. The van der Waals surface area contributed by atoms with Gasteiger partial charge in [-0.15, -0.1) is 0 Å². The average Bonchev–Trinajstić information content (AvgIpc) is 2.57. The first-order valence-corrected chi connectivity index (χ1v) is 8.37. The van der Waals surface area contributed by atoms with Crippen molar-refractivity contribution in [2.24, 2.45) is 5.41 Å². The molecule has 0 aromatic heterocycles. The lowest BCUT2D eigenvalue weighted by Gasteiger charge is -2.44. The number of carbonyl (C=O) groups is 1. The van der Waals surface area contributed by atoms with Crippen LogP contribution in [0.2, 0.25) is 0 Å². The zero-order valence-electron chi connectivity index (χ0n) is 14.0. The van der Waals surface area contributed by atoms with Gasteiger partial charge in [0.2, 0.25) is 0 Å². The Kier molecular flexibility index (Phi) is 6.02. The number of ether oxygens (including phenoxy) is 1. The topological polar surface area (TPSA) is 70.0 Å². The summed E-state index contributed by atoms with van der Waals surface area (Å²) < 4.78 is 5.38. The second-order valence-corrected chi connectivity index (χ2v) is 6.24. The molecule has 1 fully saturated rings. The first-order valence-electron chi connectivity index (χ1n) is 8.37. The van der Waals surface area contributed by atoms with Crippen LogP contribution in [0.3, 0.4) is 0 Å². The molecule has 2 N–H and O–H groups in total. The third-order valence-electron chi connectivity index (χ3n) is 4.74. The van der Waals surface area contributed by atoms with E-state index in [2.05, 4.69) is 0 Å². The van der Waals surface area contributed by atoms with E-state index in [9.17, 15) is 15.0 Å². The van der Waals surface area contributed by atoms with Gasteiger partial charge in [0.1, 0.15) is 5.75 Å². The van der Waals surface area contributed by atoms with Crippen LogP contribution in [-0.4, -0.2) is 53.4 Å². The average molecular weight is 321 g/mol. The van der Waals surface area contributed by atoms with Gasteiger partial charge >= 0.3 is 0 Å². The van der Waals surface area contributed by atoms with Crippen LogP contribution in [0.25, 0.3) is 0 Å². The molecule has 0 saturated carbocycles. The predicted octanol–water partition coefficient (Wildman–Crippen LogP) is 2.07. The van der Waals surface area contributed by atoms with Gasteiger partial charge in [-0.05, 0) is 44.0 Å². The number of carbonyl (C=O) groups excluding carboxylic acids is 1. The molecule has 2 rings (SSSR count). The molecule has 128 valence electrons. The van der Waals surface area contributed by atoms with Gasteiger partial charge in [0.05, 0.1) is 19.3 Å². The molecule has 5 nitrogen and oxygen atoms in total. The van der Waals surface area contributed by atoms with Gasteiger partial charge < -0.3 is 19.8 Å². The Bertz CT molecular complexity index is 516. The summed E-state index contributed by atoms with van der Waals surface area (Å²) in [6.45, 7) is 5.34. The van der Waals surface area contributed by atoms with Gasteiger partial charge in [-0.3, -0.25) is 4.79 Å². The van der Waals surface area contributed by atoms with Gasteiger partial charge in [0.15, 0.2) is 0 Å². The molecular formula is C18H27NO4. The van der Waals surface area contributed by atoms with Crippen molar-refractivity contribution in [3.05, 3.63) is 29.8 Å². The highest BCUT2D eigenvalue weighted by Gasteiger charge is 2.42. The van der Waals surface area contributed by atoms with Gasteiger partial charge in [-0.25, -0.2) is 0 Å². The molecule has 23 heavy (non-hydrogen) atoms. The maximum Gasteiger partial charge on any atom is 0.253 e. The zero-order valence-corrected chi connectivity index (χ0v) is 14.0. The number of rotatable bonds is 6. The van der Waals surface area contributed by atoms with E-state index < -0.39 is 11.5 Å². The molecule has 0 spiro atoms. The van der Waals surface area contributed by atoms with E-state index in [1.807, 2.05) is 13.8 Å². The molecule has 1 aromatic rings. The SMILES string of the molecule is CCC[C@]1(CO)CCN(C(=O)c2ccc(OCC)cc2)C[C@H]1O. The van der Waals surface area contributed by atoms with Crippen LogP contribution in [0.5, 0.6) is 5.75 Å². The first kappa shape index (κ1) is 17.8. The number of amides is 1. The molecule has 1 aliphatic rings. The van der Waals surface area contributed by atoms with Crippen LogP contribution in [-0.2, 0) is 0 Å². The second-order valence-electron chi connectivity index (χ2n) is 6.24. The number of hydrogen-bond donors (Lipinski definition) is 2. The van der Waals surface area contributed by atoms with Gasteiger partial charge in [-0.2, -0.15) is 0 Å². The summed E-state index contributed by atoms with van der Waals surface area (Å²) in [6.07, 6.45) is 1.62. The van der Waals surface area contributed by atoms with E-state index in [0.29, 0.717) is 25.1 Å². The first-order chi connectivity index (χ1) is 11.1. The fourth-order valence-corrected chi connectivity index (χ4v) is 3.30. The highest BCUT2D eigenvalue weighted by Crippen LogP contribution is 2.36. The lowest BCUT2D eigenvalue weighted by molar-refractivity contribution is -0.0713. The minimum atomic E-state index is -0.687. The summed E-state index contributed by atoms with van der Waals surface area (Å²) in [6, 6.07) is 7.07. The van der Waals surface area contributed by atoms with Gasteiger partial charge in [0.25, 0.3) is 5.91 Å². The van der Waals surface area contributed by atoms with Crippen LogP contribution in [0.15, 0.2) is 24.3 Å². The molecule has 0 unspecified atom stereocenters. The van der Waals surface area contributed by atoms with Crippen LogP contribution in [0.4, 0.5) is 0 Å². The minimum Gasteiger partial charge on any atom is -0.494 e. The van der Waals surface area contributed by atoms with E-state index in [-0.39, 0.29) is 19.1 Å². The Morgan fingerprint density at radius 1 is 1.35 bits per heavy atom. The summed E-state index contributed by atoms with van der Waals surface area (Å²) in [4.78, 5) is 14.3. The van der Waals surface area contributed by atoms with E-state index in [0.717, 1.165) is 18.6 Å². The van der Waals surface area contributed by atoms with Crippen LogP contribution in [0.1, 0.15) is 43.5 Å². The highest BCUT2D eigenvalue weighted by molar-refractivity contribution is 5.94. The Labute approximate surface area is 137 Å². The fourth-order valence-electron chi connectivity index (χ4n) is 3.30. The largest absolute Gasteiger partial charge is 0.494 e. The maximum absolute atomic E-state index is 12.6. The van der Waals surface area contributed by atoms with E-state index >= 15 is 0 Å². The number of hydrogen-bond acceptors (Lipinski definition) is 4. The third kappa shape index (κ3) is 3.85. The van der Waals surface area contributed by atoms with Crippen LogP contribution >= 0.6 is 0 Å². The molecule has 5 heteroatoms. The van der Waals surface area contributed by atoms with Crippen molar-refractivity contribution in [2.75, 3.05) is 26.3 Å². The number of aliphatic hydroxyl groups excluding tert-OH is 2. The monoisotopic (exact) mass is 321 g/mol. The van der Waals surface area contributed by atoms with E-state index in [1.165, 1.54) is 0 Å². The molecular weight excluding hydrogens is 294 g/mol. The predicted molar refractivity (Wildman–Crippen MR) is 88.6 cm³/mol. The van der Waals surface area contributed by atoms with E-state index in [4.69, 9.17) is 4.74 Å². The maximum atomic E-state index is 12.6. The molecule has 1 heterocycles. The standard InChI is InChI=1S/C18H27NO4/c1-3-9-18(13-20)10-11-19(12-16(18)21)17(22)14-5-7-15(8-6-14)23-4-2/h5-8,16,20-21H,3-4,9-13H2,1-2H3/t16-,18-/m1/s1. The Hall–Kier alpha value is -1.59. The number of likely N-dealkylation sites (tertiary alicyclic amines) is 1. The van der Waals surface area contributed by atoms with Gasteiger partial charge in [-0.1, -0.05) is 13.3 Å². The summed E-state index contributed by atoms with van der Waals surface area (Å²) >= 11 is 0. The summed E-state index contributed by atoms with van der Waals surface area (Å²) in [5.74, 6) is 0.653. The smallest absolute Gasteiger partial charge is 0.253 e. The molecule has 0 radical (unpaired) electrons. The van der Waals surface area contributed by atoms with Crippen molar-refractivity contribution in [3.63, 3.8) is 0 Å². The number of β-amino-alcohol motifs (C(OH)–C–C–N with tert-alkyl or cyclic N) is 1. The van der Waals surface area contributed by atoms with Crippen molar-refractivity contribution < 1.29 is 19.7 Å². The minimum absolute atomic E-state index is 0.0346. The number of benzene rings is 1. The van der Waals surface area contributed by atoms with Crippen molar-refractivity contribution in [2.45, 2.75) is 39.2 Å². The van der Waals surface area contributed by atoms with Crippen molar-refractivity contribution in [1.29, 1.82) is 0 Å². The normalized spacial score (nSPS) is 24.5. The third-order valence-corrected chi connectivity index (χ3v) is 4.74. The molecule has 1 aliphatic heterocycles. The molecule has 1 amide bonds. The van der Waals surface area contributed by atoms with Crippen molar-refractivity contribution in [3.8, 4) is 5.75 Å². The second kappa shape index (κ2) is 7.79. The lowest BCUT2D eigenvalue weighted by Crippen LogP contribution is -2.54. The molecule has 0 aliphatic carbocycles. The highest BCUT2D eigenvalue weighted by atomic mass is 16.5. The summed E-state index contributed by atoms with van der Waals surface area (Å²) in [7, 11) is 0. The molecule has 1 saturated heterocycles. The van der Waals surface area contributed by atoms with E-state index in [1.54, 1.807) is 29.2 Å². The zero-order chi connectivity index (χ0) is 16.9. The van der Waals surface area contributed by atoms with Crippen LogP contribution in [0, 0.1) is 5.41 Å². The number of aliphatic hydroxyl groups is 2. The molecule has 2 atom stereocenters. The number of nitrogens with zero attached hydrogens (tertiary/aromatic N) is 1. The fraction of sp³-hybridized carbons (Fsp3) is 0.611. The Morgan fingerprint density at radius 3 is 2.57 bits per heavy atom. The van der Waals surface area contributed by atoms with Gasteiger partial charge in [0, 0.05) is 24.1 Å². The number of piperidine rings is 1. The lowest BCUT2D eigenvalue weighted by atomic mass is 9.73. The Morgan fingerprint density at radius 2 is 2.04 bits per heavy atom. The summed E-state index contributed by atoms with van der Waals surface area (Å²) in [5.41, 5.74) is 0.123. The summed E-state index contributed by atoms with van der Waals surface area (Å²) in [5, 5.41) is 20.1. The van der Waals surface area contributed by atoms with Crippen LogP contribution < -0.4 is 4.74 Å². The van der Waals surface area contributed by atoms with Crippen molar-refractivity contribution in [1.82, 2.24) is 4.90 Å². The van der Waals surface area contributed by atoms with Crippen molar-refractivity contribution >= 4 is 5.91 Å².